The number of nitrogens with one attached hydrogen (secondary N) is 3. The van der Waals surface area contributed by atoms with E-state index in [1.807, 2.05) is 0 Å². The second kappa shape index (κ2) is 7.59. The monoisotopic (exact) mass is 387 g/mol. The van der Waals surface area contributed by atoms with Crippen LogP contribution in [0.5, 0.6) is 11.5 Å². The summed E-state index contributed by atoms with van der Waals surface area (Å²) >= 11 is 6.02. The van der Waals surface area contributed by atoms with Crippen LogP contribution in [0, 0.1) is 0 Å². The molecule has 0 aromatic heterocycles. The van der Waals surface area contributed by atoms with Gasteiger partial charge in [-0.05, 0) is 42.8 Å². The third-order valence-electron chi connectivity index (χ3n) is 4.15. The number of benzene rings is 2. The quantitative estimate of drug-likeness (QED) is 0.646. The zero-order valence-corrected chi connectivity index (χ0v) is 15.4. The van der Waals surface area contributed by atoms with Gasteiger partial charge in [0.05, 0.1) is 24.4 Å². The molecule has 0 radical (unpaired) electrons. The highest BCUT2D eigenvalue weighted by Crippen LogP contribution is 2.32. The van der Waals surface area contributed by atoms with Gasteiger partial charge in [0, 0.05) is 10.7 Å². The molecule has 0 aliphatic carbocycles. The number of carbonyl (C=O) groups is 2. The standard InChI is InChI=1S/C19H18ClN3O4/c1-10-16(18(25)22-14-9-12(20)5-8-15(14)27-2)17(23-19(26)21-10)11-3-6-13(24)7-4-11/h3-9,17,24H,1-2H3,(H,22,25)(H2,21,23,26). The maximum atomic E-state index is 13.0. The number of halogens is 1. The van der Waals surface area contributed by atoms with Crippen molar-refractivity contribution in [2.75, 3.05) is 12.4 Å². The fourth-order valence-electron chi connectivity index (χ4n) is 2.88. The SMILES string of the molecule is COc1ccc(Cl)cc1NC(=O)C1=C(C)NC(=O)NC1c1ccc(O)cc1. The number of hydrogen-bond donors (Lipinski definition) is 4. The first kappa shape index (κ1) is 18.6. The number of methoxy groups -OCH3 is 1. The van der Waals surface area contributed by atoms with Crippen LogP contribution in [0.2, 0.25) is 5.02 Å². The lowest BCUT2D eigenvalue weighted by atomic mass is 9.94. The molecule has 1 aliphatic rings. The van der Waals surface area contributed by atoms with E-state index >= 15 is 0 Å². The number of amides is 3. The van der Waals surface area contributed by atoms with Crippen LogP contribution in [0.3, 0.4) is 0 Å². The third kappa shape index (κ3) is 3.98. The lowest BCUT2D eigenvalue weighted by Crippen LogP contribution is -2.45. The number of urea groups is 1. The predicted molar refractivity (Wildman–Crippen MR) is 102 cm³/mol. The van der Waals surface area contributed by atoms with Crippen molar-refractivity contribution in [1.82, 2.24) is 10.6 Å². The van der Waals surface area contributed by atoms with E-state index in [0.717, 1.165) is 0 Å². The Kier molecular flexibility index (Phi) is 5.23. The molecule has 0 bridgehead atoms. The fourth-order valence-corrected chi connectivity index (χ4v) is 3.05. The van der Waals surface area contributed by atoms with E-state index < -0.39 is 18.0 Å². The van der Waals surface area contributed by atoms with Crippen molar-refractivity contribution in [3.05, 3.63) is 64.3 Å². The summed E-state index contributed by atoms with van der Waals surface area (Å²) in [6.07, 6.45) is 0. The van der Waals surface area contributed by atoms with Gasteiger partial charge in [-0.25, -0.2) is 4.79 Å². The Labute approximate surface area is 161 Å². The highest BCUT2D eigenvalue weighted by Gasteiger charge is 2.31. The molecular weight excluding hydrogens is 370 g/mol. The molecule has 1 atom stereocenters. The van der Waals surface area contributed by atoms with Gasteiger partial charge in [0.25, 0.3) is 5.91 Å². The van der Waals surface area contributed by atoms with Gasteiger partial charge in [-0.3, -0.25) is 4.79 Å². The van der Waals surface area contributed by atoms with Crippen molar-refractivity contribution >= 4 is 29.2 Å². The summed E-state index contributed by atoms with van der Waals surface area (Å²) in [7, 11) is 1.49. The van der Waals surface area contributed by atoms with Crippen LogP contribution < -0.4 is 20.7 Å². The van der Waals surface area contributed by atoms with E-state index in [4.69, 9.17) is 16.3 Å². The Hall–Kier alpha value is -3.19. The molecule has 4 N–H and O–H groups in total. The molecule has 3 rings (SSSR count). The Bertz CT molecular complexity index is 925. The number of ether oxygens (including phenoxy) is 1. The van der Waals surface area contributed by atoms with Gasteiger partial charge in [-0.1, -0.05) is 23.7 Å². The largest absolute Gasteiger partial charge is 0.508 e. The molecule has 1 unspecified atom stereocenters. The Morgan fingerprint density at radius 1 is 1.22 bits per heavy atom. The van der Waals surface area contributed by atoms with Gasteiger partial charge in [-0.2, -0.15) is 0 Å². The zero-order valence-electron chi connectivity index (χ0n) is 14.7. The predicted octanol–water partition coefficient (Wildman–Crippen LogP) is 3.32. The van der Waals surface area contributed by atoms with Crippen LogP contribution >= 0.6 is 11.6 Å². The molecule has 3 amide bonds. The molecule has 8 heteroatoms. The van der Waals surface area contributed by atoms with Crippen molar-refractivity contribution in [2.45, 2.75) is 13.0 Å². The summed E-state index contributed by atoms with van der Waals surface area (Å²) in [5.74, 6) is 0.132. The number of carbonyl (C=O) groups excluding carboxylic acids is 2. The Morgan fingerprint density at radius 2 is 1.93 bits per heavy atom. The molecule has 0 saturated heterocycles. The number of phenols is 1. The first-order chi connectivity index (χ1) is 12.9. The zero-order chi connectivity index (χ0) is 19.6. The minimum Gasteiger partial charge on any atom is -0.508 e. The lowest BCUT2D eigenvalue weighted by Gasteiger charge is -2.28. The van der Waals surface area contributed by atoms with Crippen LogP contribution in [0.1, 0.15) is 18.5 Å². The molecule has 0 fully saturated rings. The van der Waals surface area contributed by atoms with Crippen LogP contribution in [0.15, 0.2) is 53.7 Å². The first-order valence-electron chi connectivity index (χ1n) is 8.11. The van der Waals surface area contributed by atoms with E-state index in [0.29, 0.717) is 33.3 Å². The summed E-state index contributed by atoms with van der Waals surface area (Å²) in [6.45, 7) is 1.65. The maximum absolute atomic E-state index is 13.0. The second-order valence-corrected chi connectivity index (χ2v) is 6.40. The number of aromatic hydroxyl groups is 1. The van der Waals surface area contributed by atoms with E-state index in [9.17, 15) is 14.7 Å². The summed E-state index contributed by atoms with van der Waals surface area (Å²) in [4.78, 5) is 24.9. The highest BCUT2D eigenvalue weighted by molar-refractivity contribution is 6.31. The van der Waals surface area contributed by atoms with Crippen LogP contribution in [-0.2, 0) is 4.79 Å². The van der Waals surface area contributed by atoms with Gasteiger partial charge in [0.15, 0.2) is 0 Å². The average Bonchev–Trinajstić information content (AvgIpc) is 2.61. The van der Waals surface area contributed by atoms with Gasteiger partial charge < -0.3 is 25.8 Å². The highest BCUT2D eigenvalue weighted by atomic mass is 35.5. The molecule has 1 aliphatic heterocycles. The smallest absolute Gasteiger partial charge is 0.319 e. The van der Waals surface area contributed by atoms with Gasteiger partial charge in [0.1, 0.15) is 11.5 Å². The molecule has 27 heavy (non-hydrogen) atoms. The van der Waals surface area contributed by atoms with E-state index in [1.54, 1.807) is 37.3 Å². The number of rotatable bonds is 4. The van der Waals surface area contributed by atoms with Crippen LogP contribution in [-0.4, -0.2) is 24.2 Å². The minimum absolute atomic E-state index is 0.0920. The molecule has 7 nitrogen and oxygen atoms in total. The summed E-state index contributed by atoms with van der Waals surface area (Å²) in [5.41, 5.74) is 1.83. The minimum atomic E-state index is -0.676. The Morgan fingerprint density at radius 3 is 2.59 bits per heavy atom. The van der Waals surface area contributed by atoms with Gasteiger partial charge >= 0.3 is 6.03 Å². The molecule has 2 aromatic carbocycles. The third-order valence-corrected chi connectivity index (χ3v) is 4.39. The summed E-state index contributed by atoms with van der Waals surface area (Å²) in [6, 6.07) is 10.1. The molecule has 140 valence electrons. The van der Waals surface area contributed by atoms with Crippen molar-refractivity contribution < 1.29 is 19.4 Å². The molecule has 0 saturated carbocycles. The van der Waals surface area contributed by atoms with Crippen molar-refractivity contribution in [2.24, 2.45) is 0 Å². The summed E-state index contributed by atoms with van der Waals surface area (Å²) in [5, 5.41) is 18.1. The van der Waals surface area contributed by atoms with E-state index in [-0.39, 0.29) is 5.75 Å². The number of anilines is 1. The van der Waals surface area contributed by atoms with E-state index in [1.165, 1.54) is 19.2 Å². The van der Waals surface area contributed by atoms with Crippen LogP contribution in [0.4, 0.5) is 10.5 Å². The van der Waals surface area contributed by atoms with Crippen molar-refractivity contribution in [3.8, 4) is 11.5 Å². The van der Waals surface area contributed by atoms with Gasteiger partial charge in [-0.15, -0.1) is 0 Å². The summed E-state index contributed by atoms with van der Waals surface area (Å²) < 4.78 is 5.25. The van der Waals surface area contributed by atoms with Crippen molar-refractivity contribution in [1.29, 1.82) is 0 Å². The van der Waals surface area contributed by atoms with E-state index in [2.05, 4.69) is 16.0 Å². The lowest BCUT2D eigenvalue weighted by molar-refractivity contribution is -0.113. The van der Waals surface area contributed by atoms with Crippen LogP contribution in [0.25, 0.3) is 0 Å². The average molecular weight is 388 g/mol. The molecule has 1 heterocycles. The van der Waals surface area contributed by atoms with Gasteiger partial charge in [0.2, 0.25) is 0 Å². The van der Waals surface area contributed by atoms with Crippen molar-refractivity contribution in [3.63, 3.8) is 0 Å². The molecule has 0 spiro atoms. The maximum Gasteiger partial charge on any atom is 0.319 e. The number of hydrogen-bond acceptors (Lipinski definition) is 4. The molecular formula is C19H18ClN3O4. The fraction of sp³-hybridized carbons (Fsp3) is 0.158. The normalized spacial score (nSPS) is 16.4. The number of phenolic OH excluding ortho intramolecular Hbond substituents is 1. The topological polar surface area (TPSA) is 99.7 Å². The second-order valence-electron chi connectivity index (χ2n) is 5.96. The first-order valence-corrected chi connectivity index (χ1v) is 8.49. The Balaban J connectivity index is 1.97. The molecule has 2 aromatic rings. The number of allylic oxidation sites excluding steroid dienone is 1.